The molecule has 0 saturated carbocycles. The molecule has 1 aromatic rings. The summed E-state index contributed by atoms with van der Waals surface area (Å²) in [6, 6.07) is 4.95. The first kappa shape index (κ1) is 27.1. The average molecular weight is 487 g/mol. The van der Waals surface area contributed by atoms with Crippen molar-refractivity contribution in [2.24, 2.45) is 5.41 Å². The Bertz CT molecular complexity index is 858. The molecule has 0 aromatic heterocycles. The van der Waals surface area contributed by atoms with Gasteiger partial charge >= 0.3 is 195 Å². The molecule has 0 spiro atoms. The maximum atomic E-state index is 12.7. The first-order valence-electron chi connectivity index (χ1n) is 10.8. The number of aryl methyl sites for hydroxylation is 2. The molecule has 1 aliphatic rings. The quantitative estimate of drug-likeness (QED) is 0.353. The Hall–Kier alpha value is -2.10. The molecule has 0 bridgehead atoms. The Labute approximate surface area is 194 Å². The van der Waals surface area contributed by atoms with E-state index in [1.807, 2.05) is 32.0 Å². The van der Waals surface area contributed by atoms with Gasteiger partial charge < -0.3 is 0 Å². The van der Waals surface area contributed by atoms with Crippen molar-refractivity contribution < 1.29 is 37.8 Å². The van der Waals surface area contributed by atoms with Gasteiger partial charge in [0.2, 0.25) is 0 Å². The van der Waals surface area contributed by atoms with Crippen molar-refractivity contribution >= 4 is 25.9 Å². The van der Waals surface area contributed by atoms with Crippen LogP contribution >= 0.6 is 8.09 Å². The maximum absolute atomic E-state index is 12.7. The Balaban J connectivity index is 1.95. The van der Waals surface area contributed by atoms with Gasteiger partial charge in [0.25, 0.3) is 0 Å². The summed E-state index contributed by atoms with van der Waals surface area (Å²) in [5, 5.41) is 5.29. The van der Waals surface area contributed by atoms with Crippen LogP contribution in [0.1, 0.15) is 43.9 Å². The van der Waals surface area contributed by atoms with E-state index in [9.17, 15) is 19.3 Å². The van der Waals surface area contributed by atoms with Gasteiger partial charge in [-0.3, -0.25) is 0 Å². The third-order valence-corrected chi connectivity index (χ3v) is 7.03. The molecule has 0 aliphatic carbocycles. The second-order valence-electron chi connectivity index (χ2n) is 8.94. The third-order valence-electron chi connectivity index (χ3n) is 5.14. The molecule has 1 amide bonds. The van der Waals surface area contributed by atoms with E-state index in [0.29, 0.717) is 0 Å². The summed E-state index contributed by atoms with van der Waals surface area (Å²) in [4.78, 5) is 47.2. The van der Waals surface area contributed by atoms with Gasteiger partial charge in [0.15, 0.2) is 0 Å². The molecule has 3 N–H and O–H groups in total. The molecule has 11 heteroatoms. The zero-order valence-corrected chi connectivity index (χ0v) is 21.0. The van der Waals surface area contributed by atoms with E-state index in [1.54, 1.807) is 13.8 Å². The Morgan fingerprint density at radius 2 is 1.88 bits per heavy atom. The fraction of sp³-hybridized carbons (Fsp3) is 0.591. The molecule has 2 atom stereocenters. The number of nitrogens with one attached hydrogen (secondary N) is 2. The van der Waals surface area contributed by atoms with Crippen LogP contribution in [0.15, 0.2) is 18.2 Å². The number of esters is 2. The van der Waals surface area contributed by atoms with E-state index < -0.39 is 43.5 Å². The van der Waals surface area contributed by atoms with Crippen molar-refractivity contribution in [3.63, 3.8) is 0 Å². The first-order valence-corrected chi connectivity index (χ1v) is 12.5. The number of hydrogen-bond donors (Lipinski definition) is 3. The Morgan fingerprint density at radius 3 is 2.48 bits per heavy atom. The van der Waals surface area contributed by atoms with E-state index in [2.05, 4.69) is 15.1 Å². The number of methoxy groups -OCH3 is 1. The van der Waals surface area contributed by atoms with Crippen molar-refractivity contribution in [3.05, 3.63) is 34.9 Å². The predicted octanol–water partition coefficient (Wildman–Crippen LogP) is 1.85. The van der Waals surface area contributed by atoms with Gasteiger partial charge in [0.1, 0.15) is 0 Å². The van der Waals surface area contributed by atoms with Crippen LogP contribution in [-0.4, -0.2) is 55.1 Å². The molecule has 1 saturated heterocycles. The fourth-order valence-electron chi connectivity index (χ4n) is 3.44. The minimum absolute atomic E-state index is 0.00910. The van der Waals surface area contributed by atoms with Crippen molar-refractivity contribution in [1.29, 1.82) is 0 Å². The van der Waals surface area contributed by atoms with Gasteiger partial charge in [-0.2, -0.15) is 0 Å². The fourth-order valence-corrected chi connectivity index (χ4v) is 5.64. The minimum atomic E-state index is -4.07. The number of carbonyl (C=O) groups excluding carboxylic acids is 3. The van der Waals surface area contributed by atoms with E-state index in [1.165, 1.54) is 14.0 Å². The number of rotatable bonds is 9. The monoisotopic (exact) mass is 486 g/mol. The molecule has 186 valence electrons. The van der Waals surface area contributed by atoms with Crippen molar-refractivity contribution in [1.82, 2.24) is 10.4 Å². The van der Waals surface area contributed by atoms with Gasteiger partial charge in [-0.05, 0) is 0 Å². The Morgan fingerprint density at radius 1 is 1.24 bits per heavy atom. The number of benzene rings is 1. The van der Waals surface area contributed by atoms with Gasteiger partial charge in [0.05, 0.1) is 0 Å². The van der Waals surface area contributed by atoms with Crippen LogP contribution in [-0.2, 0) is 39.5 Å². The van der Waals surface area contributed by atoms with Crippen molar-refractivity contribution in [3.8, 4) is 0 Å². The molecule has 1 heterocycles. The van der Waals surface area contributed by atoms with Crippen LogP contribution in [0.2, 0.25) is 0 Å². The molecule has 33 heavy (non-hydrogen) atoms. The second-order valence-corrected chi connectivity index (χ2v) is 10.9. The zero-order valence-electron chi connectivity index (χ0n) is 20.0. The molecule has 1 unspecified atom stereocenters. The van der Waals surface area contributed by atoms with Crippen LogP contribution in [0.25, 0.3) is 0 Å². The van der Waals surface area contributed by atoms with Crippen LogP contribution in [0.3, 0.4) is 0 Å². The summed E-state index contributed by atoms with van der Waals surface area (Å²) in [5.74, 6) is -1.54. The van der Waals surface area contributed by atoms with Gasteiger partial charge in [0, 0.05) is 0 Å². The van der Waals surface area contributed by atoms with E-state index in [0.717, 1.165) is 16.7 Å². The first-order chi connectivity index (χ1) is 15.3. The predicted molar refractivity (Wildman–Crippen MR) is 123 cm³/mol. The van der Waals surface area contributed by atoms with E-state index in [4.69, 9.17) is 13.8 Å². The molecule has 1 aliphatic heterocycles. The van der Waals surface area contributed by atoms with Crippen molar-refractivity contribution in [2.75, 3.05) is 20.3 Å². The summed E-state index contributed by atoms with van der Waals surface area (Å²) in [6.45, 7) is 9.15. The number of hydrogen-bond acceptors (Lipinski definition) is 9. The summed E-state index contributed by atoms with van der Waals surface area (Å²) < 4.78 is 21.1. The number of carbonyl (C=O) groups is 3. The number of ether oxygens (including phenoxy) is 2. The van der Waals surface area contributed by atoms with Crippen LogP contribution in [0.5, 0.6) is 0 Å². The van der Waals surface area contributed by atoms with Gasteiger partial charge in [-0.15, -0.1) is 0 Å². The zero-order chi connectivity index (χ0) is 24.8. The summed E-state index contributed by atoms with van der Waals surface area (Å²) >= 11 is 0. The summed E-state index contributed by atoms with van der Waals surface area (Å²) in [6.07, 6.45) is -1.04. The molecular weight excluding hydrogens is 451 g/mol. The average Bonchev–Trinajstić information content (AvgIpc) is 2.73. The van der Waals surface area contributed by atoms with Gasteiger partial charge in [-0.25, -0.2) is 0 Å². The number of amides is 1. The molecular formula is C22H35N2O8P. The Kier molecular flexibility index (Phi) is 9.34. The van der Waals surface area contributed by atoms with E-state index >= 15 is 0 Å². The third kappa shape index (κ3) is 8.01. The topological polar surface area (TPSA) is 132 Å². The molecule has 2 rings (SSSR count). The standard InChI is InChI=1S/C22H35N2O8P/c1-14-9-15(2)11-17(10-14)12-30-21(27)16(3)24-33(28)31-13-22(4,5)19(32-33)20(26)23-8-7-18(25)29-6/h9-11,16,19,24,28,33H,7-8,12-13H2,1-6H3,(H,23,26)/t16?,19-/m0/s1. The van der Waals surface area contributed by atoms with E-state index in [-0.39, 0.29) is 26.2 Å². The normalized spacial score (nSPS) is 20.9. The molecule has 1 aromatic carbocycles. The van der Waals surface area contributed by atoms with Crippen molar-refractivity contribution in [2.45, 2.75) is 59.8 Å². The SMILES string of the molecule is COC(=O)CCNC(=O)[C@@H]1O[PH](O)(NC(C)C(=O)OCc2cc(C)cc(C)c2)OCC1(C)C. The molecule has 0 radical (unpaired) electrons. The summed E-state index contributed by atoms with van der Waals surface area (Å²) in [5.41, 5.74) is 2.25. The van der Waals surface area contributed by atoms with Crippen LogP contribution in [0, 0.1) is 19.3 Å². The van der Waals surface area contributed by atoms with Gasteiger partial charge in [-0.1, -0.05) is 0 Å². The van der Waals surface area contributed by atoms with Crippen LogP contribution < -0.4 is 10.4 Å². The molecule has 1 fully saturated rings. The van der Waals surface area contributed by atoms with Crippen LogP contribution in [0.4, 0.5) is 0 Å². The second kappa shape index (κ2) is 11.4. The summed E-state index contributed by atoms with van der Waals surface area (Å²) in [7, 11) is -2.81. The molecule has 10 nitrogen and oxygen atoms in total.